The largest absolute Gasteiger partial charge is 0.483 e. The summed E-state index contributed by atoms with van der Waals surface area (Å²) in [6.07, 6.45) is 3.25. The summed E-state index contributed by atoms with van der Waals surface area (Å²) >= 11 is 0. The molecule has 3 nitrogen and oxygen atoms in total. The number of rotatable bonds is 3. The van der Waals surface area contributed by atoms with Gasteiger partial charge < -0.3 is 4.74 Å². The third kappa shape index (κ3) is 2.34. The third-order valence-electron chi connectivity index (χ3n) is 2.13. The summed E-state index contributed by atoms with van der Waals surface area (Å²) < 4.78 is 18.8. The van der Waals surface area contributed by atoms with Crippen molar-refractivity contribution < 1.29 is 9.13 Å². The summed E-state index contributed by atoms with van der Waals surface area (Å²) in [5.74, 6) is 0.425. The Kier molecular flexibility index (Phi) is 3.10. The van der Waals surface area contributed by atoms with Crippen molar-refractivity contribution in [3.05, 3.63) is 53.9 Å². The molecular weight excluding hydrogens is 207 g/mol. The maximum atomic E-state index is 13.5. The fraction of sp³-hybridized carbons (Fsp3) is 0.167. The number of aryl methyl sites for hydroxylation is 1. The van der Waals surface area contributed by atoms with E-state index < -0.39 is 0 Å². The molecule has 2 aromatic rings. The van der Waals surface area contributed by atoms with Gasteiger partial charge in [-0.1, -0.05) is 12.1 Å². The van der Waals surface area contributed by atoms with E-state index in [1.54, 1.807) is 43.6 Å². The topological polar surface area (TPSA) is 35.0 Å². The maximum absolute atomic E-state index is 13.5. The summed E-state index contributed by atoms with van der Waals surface area (Å²) in [4.78, 5) is 7.97. The Labute approximate surface area is 92.9 Å². The second-order valence-electron chi connectivity index (χ2n) is 3.34. The molecule has 16 heavy (non-hydrogen) atoms. The predicted molar refractivity (Wildman–Crippen MR) is 57.5 cm³/mol. The number of halogens is 1. The van der Waals surface area contributed by atoms with Crippen LogP contribution in [0.1, 0.15) is 11.4 Å². The maximum Gasteiger partial charge on any atom is 0.167 e. The molecule has 0 N–H and O–H groups in total. The molecule has 82 valence electrons. The van der Waals surface area contributed by atoms with Crippen LogP contribution >= 0.6 is 0 Å². The van der Waals surface area contributed by atoms with Gasteiger partial charge in [-0.15, -0.1) is 0 Å². The van der Waals surface area contributed by atoms with Crippen LogP contribution in [-0.2, 0) is 6.61 Å². The average molecular weight is 218 g/mol. The average Bonchev–Trinajstić information content (AvgIpc) is 2.32. The van der Waals surface area contributed by atoms with Gasteiger partial charge in [0.1, 0.15) is 6.61 Å². The first-order chi connectivity index (χ1) is 7.77. The SMILES string of the molecule is Cc1cccc(OCc2ncccn2)c1F. The number of hydrogen-bond donors (Lipinski definition) is 0. The van der Waals surface area contributed by atoms with Crippen molar-refractivity contribution in [3.63, 3.8) is 0 Å². The van der Waals surface area contributed by atoms with E-state index in [9.17, 15) is 4.39 Å². The molecule has 1 aromatic heterocycles. The van der Waals surface area contributed by atoms with Crippen molar-refractivity contribution >= 4 is 0 Å². The van der Waals surface area contributed by atoms with Gasteiger partial charge >= 0.3 is 0 Å². The van der Waals surface area contributed by atoms with Gasteiger partial charge in [-0.3, -0.25) is 0 Å². The molecule has 1 heterocycles. The van der Waals surface area contributed by atoms with E-state index in [4.69, 9.17) is 4.74 Å². The predicted octanol–water partition coefficient (Wildman–Crippen LogP) is 2.50. The second-order valence-corrected chi connectivity index (χ2v) is 3.34. The van der Waals surface area contributed by atoms with Crippen molar-refractivity contribution in [1.29, 1.82) is 0 Å². The molecule has 0 radical (unpaired) electrons. The Hall–Kier alpha value is -1.97. The lowest BCUT2D eigenvalue weighted by Gasteiger charge is -2.07. The molecule has 4 heteroatoms. The quantitative estimate of drug-likeness (QED) is 0.793. The summed E-state index contributed by atoms with van der Waals surface area (Å²) in [7, 11) is 0. The van der Waals surface area contributed by atoms with E-state index in [0.717, 1.165) is 0 Å². The zero-order chi connectivity index (χ0) is 11.4. The Morgan fingerprint density at radius 3 is 2.69 bits per heavy atom. The van der Waals surface area contributed by atoms with Crippen LogP contribution in [0.25, 0.3) is 0 Å². The lowest BCUT2D eigenvalue weighted by molar-refractivity contribution is 0.280. The van der Waals surface area contributed by atoms with Crippen molar-refractivity contribution in [2.45, 2.75) is 13.5 Å². The Morgan fingerprint density at radius 2 is 1.94 bits per heavy atom. The van der Waals surface area contributed by atoms with Gasteiger partial charge in [0.05, 0.1) is 0 Å². The van der Waals surface area contributed by atoms with Crippen LogP contribution in [-0.4, -0.2) is 9.97 Å². The number of aromatic nitrogens is 2. The summed E-state index contributed by atoms with van der Waals surface area (Å²) in [6.45, 7) is 1.86. The minimum absolute atomic E-state index is 0.168. The standard InChI is InChI=1S/C12H11FN2O/c1-9-4-2-5-10(12(9)13)16-8-11-14-6-3-7-15-11/h2-7H,8H2,1H3. The van der Waals surface area contributed by atoms with Gasteiger partial charge in [-0.25, -0.2) is 14.4 Å². The number of hydrogen-bond acceptors (Lipinski definition) is 3. The fourth-order valence-corrected chi connectivity index (χ4v) is 1.28. The highest BCUT2D eigenvalue weighted by atomic mass is 19.1. The molecule has 0 bridgehead atoms. The van der Waals surface area contributed by atoms with Crippen LogP contribution < -0.4 is 4.74 Å². The molecule has 2 rings (SSSR count). The number of nitrogens with zero attached hydrogens (tertiary/aromatic N) is 2. The smallest absolute Gasteiger partial charge is 0.167 e. The van der Waals surface area contributed by atoms with Crippen LogP contribution in [0.5, 0.6) is 5.75 Å². The first-order valence-corrected chi connectivity index (χ1v) is 4.91. The van der Waals surface area contributed by atoms with Crippen LogP contribution in [0.4, 0.5) is 4.39 Å². The second kappa shape index (κ2) is 4.70. The summed E-state index contributed by atoms with van der Waals surface area (Å²) in [6, 6.07) is 6.75. The number of ether oxygens (including phenoxy) is 1. The molecule has 0 aliphatic carbocycles. The van der Waals surface area contributed by atoms with Crippen LogP contribution in [0.15, 0.2) is 36.7 Å². The van der Waals surface area contributed by atoms with E-state index in [-0.39, 0.29) is 18.2 Å². The van der Waals surface area contributed by atoms with Crippen molar-refractivity contribution in [1.82, 2.24) is 9.97 Å². The van der Waals surface area contributed by atoms with E-state index in [1.165, 1.54) is 0 Å². The zero-order valence-electron chi connectivity index (χ0n) is 8.85. The van der Waals surface area contributed by atoms with E-state index in [2.05, 4.69) is 9.97 Å². The van der Waals surface area contributed by atoms with Gasteiger partial charge in [-0.2, -0.15) is 0 Å². The molecule has 0 amide bonds. The Balaban J connectivity index is 2.08. The molecule has 0 spiro atoms. The summed E-state index contributed by atoms with van der Waals surface area (Å²) in [5.41, 5.74) is 0.562. The number of benzene rings is 1. The van der Waals surface area contributed by atoms with Crippen molar-refractivity contribution in [2.24, 2.45) is 0 Å². The molecule has 0 saturated carbocycles. The Morgan fingerprint density at radius 1 is 1.19 bits per heavy atom. The highest BCUT2D eigenvalue weighted by Crippen LogP contribution is 2.20. The van der Waals surface area contributed by atoms with Crippen LogP contribution in [0.2, 0.25) is 0 Å². The van der Waals surface area contributed by atoms with Gasteiger partial charge in [0, 0.05) is 12.4 Å². The molecule has 0 atom stereocenters. The minimum Gasteiger partial charge on any atom is -0.483 e. The van der Waals surface area contributed by atoms with Crippen LogP contribution in [0.3, 0.4) is 0 Å². The van der Waals surface area contributed by atoms with Crippen molar-refractivity contribution in [2.75, 3.05) is 0 Å². The molecule has 0 saturated heterocycles. The van der Waals surface area contributed by atoms with Crippen LogP contribution in [0, 0.1) is 12.7 Å². The lowest BCUT2D eigenvalue weighted by atomic mass is 10.2. The molecule has 1 aromatic carbocycles. The first kappa shape index (κ1) is 10.5. The molecule has 0 aliphatic rings. The molecule has 0 fully saturated rings. The Bertz CT molecular complexity index is 474. The van der Waals surface area contributed by atoms with E-state index >= 15 is 0 Å². The van der Waals surface area contributed by atoms with E-state index in [0.29, 0.717) is 11.4 Å². The lowest BCUT2D eigenvalue weighted by Crippen LogP contribution is -2.02. The molecular formula is C12H11FN2O. The van der Waals surface area contributed by atoms with E-state index in [1.807, 2.05) is 0 Å². The molecule has 0 aliphatic heterocycles. The monoisotopic (exact) mass is 218 g/mol. The highest BCUT2D eigenvalue weighted by Gasteiger charge is 2.06. The first-order valence-electron chi connectivity index (χ1n) is 4.91. The minimum atomic E-state index is -0.335. The normalized spacial score (nSPS) is 10.1. The van der Waals surface area contributed by atoms with Crippen molar-refractivity contribution in [3.8, 4) is 5.75 Å². The van der Waals surface area contributed by atoms with Gasteiger partial charge in [-0.05, 0) is 24.6 Å². The van der Waals surface area contributed by atoms with Gasteiger partial charge in [0.15, 0.2) is 17.4 Å². The zero-order valence-corrected chi connectivity index (χ0v) is 8.85. The van der Waals surface area contributed by atoms with Gasteiger partial charge in [0.25, 0.3) is 0 Å². The third-order valence-corrected chi connectivity index (χ3v) is 2.13. The molecule has 0 unspecified atom stereocenters. The summed E-state index contributed by atoms with van der Waals surface area (Å²) in [5, 5.41) is 0. The van der Waals surface area contributed by atoms with Gasteiger partial charge in [0.2, 0.25) is 0 Å². The highest BCUT2D eigenvalue weighted by molar-refractivity contribution is 5.30. The fourth-order valence-electron chi connectivity index (χ4n) is 1.28.